The van der Waals surface area contributed by atoms with E-state index in [4.69, 9.17) is 23.7 Å². The van der Waals surface area contributed by atoms with Crippen molar-refractivity contribution in [2.24, 2.45) is 0 Å². The third-order valence-corrected chi connectivity index (χ3v) is 4.34. The van der Waals surface area contributed by atoms with Crippen LogP contribution >= 0.6 is 0 Å². The quantitative estimate of drug-likeness (QED) is 0.497. The normalized spacial score (nSPS) is 23.0. The first-order valence-corrected chi connectivity index (χ1v) is 9.66. The van der Waals surface area contributed by atoms with Crippen LogP contribution in [-0.2, 0) is 33.3 Å². The second kappa shape index (κ2) is 9.61. The molecule has 1 aliphatic rings. The largest absolute Gasteiger partial charge is 0.456 e. The van der Waals surface area contributed by atoms with Crippen molar-refractivity contribution in [3.63, 3.8) is 0 Å². The number of ether oxygens (including phenoxy) is 5. The molecule has 0 saturated carbocycles. The van der Waals surface area contributed by atoms with Crippen LogP contribution in [0.25, 0.3) is 5.69 Å². The summed E-state index contributed by atoms with van der Waals surface area (Å²) in [5.74, 6) is -1.54. The number of benzene rings is 1. The molecule has 0 aliphatic carbocycles. The molecular formula is C21H24N2O8. The summed E-state index contributed by atoms with van der Waals surface area (Å²) in [6.07, 6.45) is -4.40. The van der Waals surface area contributed by atoms with E-state index in [2.05, 4.69) is 5.10 Å². The van der Waals surface area contributed by atoms with Crippen molar-refractivity contribution in [2.45, 2.75) is 52.3 Å². The molecule has 1 fully saturated rings. The number of nitrogens with zero attached hydrogens (tertiary/aromatic N) is 2. The van der Waals surface area contributed by atoms with Crippen LogP contribution in [0.2, 0.25) is 0 Å². The number of para-hydroxylation sites is 1. The lowest BCUT2D eigenvalue weighted by atomic mass is 10.0. The van der Waals surface area contributed by atoms with Gasteiger partial charge >= 0.3 is 17.9 Å². The SMILES string of the molecule is CC(=O)O[C@H]1[C@H](OC(C)=O)COC(Oc2cc(C)nn2-c2ccccc2)[C@@H]1OC(C)=O. The number of carbonyl (C=O) groups excluding carboxylic acids is 3. The average Bonchev–Trinajstić information content (AvgIpc) is 3.06. The molecule has 0 spiro atoms. The third-order valence-electron chi connectivity index (χ3n) is 4.34. The van der Waals surface area contributed by atoms with Crippen molar-refractivity contribution < 1.29 is 38.1 Å². The lowest BCUT2D eigenvalue weighted by Crippen LogP contribution is -2.59. The van der Waals surface area contributed by atoms with Crippen LogP contribution < -0.4 is 4.74 Å². The molecule has 1 aliphatic heterocycles. The van der Waals surface area contributed by atoms with E-state index in [1.54, 1.807) is 17.7 Å². The number of carbonyl (C=O) groups is 3. The molecule has 0 amide bonds. The van der Waals surface area contributed by atoms with Gasteiger partial charge in [-0.25, -0.2) is 4.68 Å². The minimum absolute atomic E-state index is 0.127. The summed E-state index contributed by atoms with van der Waals surface area (Å²) in [6, 6.07) is 11.0. The van der Waals surface area contributed by atoms with Crippen molar-refractivity contribution in [1.29, 1.82) is 0 Å². The molecule has 1 saturated heterocycles. The van der Waals surface area contributed by atoms with E-state index < -0.39 is 42.5 Å². The third kappa shape index (κ3) is 5.60. The Bertz CT molecular complexity index is 942. The number of hydrogen-bond acceptors (Lipinski definition) is 9. The smallest absolute Gasteiger partial charge is 0.303 e. The summed E-state index contributed by atoms with van der Waals surface area (Å²) < 4.78 is 29.2. The van der Waals surface area contributed by atoms with Crippen molar-refractivity contribution >= 4 is 17.9 Å². The van der Waals surface area contributed by atoms with E-state index in [9.17, 15) is 14.4 Å². The van der Waals surface area contributed by atoms with E-state index >= 15 is 0 Å². The van der Waals surface area contributed by atoms with Gasteiger partial charge in [0, 0.05) is 26.8 Å². The van der Waals surface area contributed by atoms with E-state index in [0.29, 0.717) is 11.6 Å². The molecule has 10 nitrogen and oxygen atoms in total. The Kier molecular flexibility index (Phi) is 6.91. The lowest BCUT2D eigenvalue weighted by Gasteiger charge is -2.39. The van der Waals surface area contributed by atoms with Crippen LogP contribution in [0.5, 0.6) is 5.88 Å². The summed E-state index contributed by atoms with van der Waals surface area (Å²) >= 11 is 0. The number of aryl methyl sites for hydroxylation is 1. The summed E-state index contributed by atoms with van der Waals surface area (Å²) in [4.78, 5) is 34.9. The Hall–Kier alpha value is -3.40. The van der Waals surface area contributed by atoms with Gasteiger partial charge in [-0.3, -0.25) is 14.4 Å². The Balaban J connectivity index is 1.92. The predicted octanol–water partition coefficient (Wildman–Crippen LogP) is 1.71. The molecule has 0 bridgehead atoms. The number of aromatic nitrogens is 2. The summed E-state index contributed by atoms with van der Waals surface area (Å²) in [6.45, 7) is 5.30. The molecule has 4 atom stereocenters. The van der Waals surface area contributed by atoms with E-state index in [-0.39, 0.29) is 6.61 Å². The molecule has 3 rings (SSSR count). The van der Waals surface area contributed by atoms with E-state index in [1.165, 1.54) is 20.8 Å². The molecular weight excluding hydrogens is 408 g/mol. The summed E-state index contributed by atoms with van der Waals surface area (Å²) in [7, 11) is 0. The maximum atomic E-state index is 11.8. The van der Waals surface area contributed by atoms with Crippen molar-refractivity contribution in [3.8, 4) is 11.6 Å². The second-order valence-electron chi connectivity index (χ2n) is 6.99. The fraction of sp³-hybridized carbons (Fsp3) is 0.429. The van der Waals surface area contributed by atoms with Crippen LogP contribution in [0.4, 0.5) is 0 Å². The van der Waals surface area contributed by atoms with Crippen molar-refractivity contribution in [3.05, 3.63) is 42.1 Å². The monoisotopic (exact) mass is 432 g/mol. The molecule has 166 valence electrons. The van der Waals surface area contributed by atoms with Gasteiger partial charge in [0.1, 0.15) is 0 Å². The Morgan fingerprint density at radius 1 is 0.968 bits per heavy atom. The Labute approximate surface area is 179 Å². The topological polar surface area (TPSA) is 115 Å². The van der Waals surface area contributed by atoms with Crippen LogP contribution in [0.15, 0.2) is 36.4 Å². The van der Waals surface area contributed by atoms with Gasteiger partial charge < -0.3 is 23.7 Å². The first-order valence-electron chi connectivity index (χ1n) is 9.66. The minimum Gasteiger partial charge on any atom is -0.456 e. The van der Waals surface area contributed by atoms with Crippen molar-refractivity contribution in [2.75, 3.05) is 6.61 Å². The molecule has 2 aromatic rings. The zero-order chi connectivity index (χ0) is 22.5. The number of esters is 3. The molecule has 0 radical (unpaired) electrons. The maximum absolute atomic E-state index is 11.8. The van der Waals surface area contributed by atoms with Crippen LogP contribution in [0.1, 0.15) is 26.5 Å². The van der Waals surface area contributed by atoms with Gasteiger partial charge in [-0.1, -0.05) is 18.2 Å². The maximum Gasteiger partial charge on any atom is 0.303 e. The molecule has 2 heterocycles. The highest BCUT2D eigenvalue weighted by molar-refractivity contribution is 5.68. The Morgan fingerprint density at radius 2 is 1.58 bits per heavy atom. The van der Waals surface area contributed by atoms with Crippen LogP contribution in [-0.4, -0.2) is 58.9 Å². The molecule has 0 N–H and O–H groups in total. The Morgan fingerprint density at radius 3 is 2.19 bits per heavy atom. The number of hydrogen-bond donors (Lipinski definition) is 0. The molecule has 1 aromatic carbocycles. The summed E-state index contributed by atoms with van der Waals surface area (Å²) in [5, 5.41) is 4.43. The molecule has 10 heteroatoms. The van der Waals surface area contributed by atoms with Gasteiger partial charge in [-0.15, -0.1) is 0 Å². The lowest BCUT2D eigenvalue weighted by molar-refractivity contribution is -0.260. The first kappa shape index (κ1) is 22.3. The highest BCUT2D eigenvalue weighted by Crippen LogP contribution is 2.28. The van der Waals surface area contributed by atoms with Gasteiger partial charge in [0.15, 0.2) is 12.2 Å². The fourth-order valence-corrected chi connectivity index (χ4v) is 3.24. The van der Waals surface area contributed by atoms with Crippen LogP contribution in [0, 0.1) is 6.92 Å². The van der Waals surface area contributed by atoms with Crippen molar-refractivity contribution in [1.82, 2.24) is 9.78 Å². The van der Waals surface area contributed by atoms with Gasteiger partial charge in [0.25, 0.3) is 0 Å². The van der Waals surface area contributed by atoms with Crippen LogP contribution in [0.3, 0.4) is 0 Å². The highest BCUT2D eigenvalue weighted by atomic mass is 16.7. The van der Waals surface area contributed by atoms with E-state index in [1.807, 2.05) is 30.3 Å². The minimum atomic E-state index is -1.18. The van der Waals surface area contributed by atoms with E-state index in [0.717, 1.165) is 5.69 Å². The highest BCUT2D eigenvalue weighted by Gasteiger charge is 2.48. The molecule has 31 heavy (non-hydrogen) atoms. The zero-order valence-corrected chi connectivity index (χ0v) is 17.6. The first-order chi connectivity index (χ1) is 14.7. The standard InChI is InChI=1S/C21H24N2O8/c1-12-10-18(23(22-12)16-8-6-5-7-9-16)31-21-20(30-15(4)26)19(29-14(3)25)17(11-27-21)28-13(2)24/h5-10,17,19-21H,11H2,1-4H3/t17-,19+,20-,21?/m1/s1. The second-order valence-corrected chi connectivity index (χ2v) is 6.99. The fourth-order valence-electron chi connectivity index (χ4n) is 3.24. The molecule has 1 unspecified atom stereocenters. The zero-order valence-electron chi connectivity index (χ0n) is 17.6. The predicted molar refractivity (Wildman–Crippen MR) is 105 cm³/mol. The average molecular weight is 432 g/mol. The van der Waals surface area contributed by atoms with Gasteiger partial charge in [0.05, 0.1) is 18.0 Å². The van der Waals surface area contributed by atoms with Gasteiger partial charge in [0.2, 0.25) is 18.3 Å². The van der Waals surface area contributed by atoms with Gasteiger partial charge in [-0.2, -0.15) is 5.10 Å². The number of rotatable bonds is 6. The summed E-state index contributed by atoms with van der Waals surface area (Å²) in [5.41, 5.74) is 1.44. The molecule has 1 aromatic heterocycles. The van der Waals surface area contributed by atoms with Gasteiger partial charge in [-0.05, 0) is 19.1 Å².